The molecule has 5 fully saturated rings. The lowest BCUT2D eigenvalue weighted by atomic mass is 9.53. The second-order valence-corrected chi connectivity index (χ2v) is 9.93. The first-order valence-corrected chi connectivity index (χ1v) is 11.4. The van der Waals surface area contributed by atoms with Gasteiger partial charge in [-0.3, -0.25) is 9.59 Å². The zero-order valence-electron chi connectivity index (χ0n) is 17.6. The molecule has 0 aromatic carbocycles. The van der Waals surface area contributed by atoms with Gasteiger partial charge in [-0.25, -0.2) is 4.79 Å². The van der Waals surface area contributed by atoms with Gasteiger partial charge in [0.05, 0.1) is 13.5 Å². The second-order valence-electron chi connectivity index (χ2n) is 9.93. The van der Waals surface area contributed by atoms with Crippen LogP contribution in [0.3, 0.4) is 0 Å². The van der Waals surface area contributed by atoms with Crippen molar-refractivity contribution in [3.05, 3.63) is 0 Å². The Morgan fingerprint density at radius 2 is 1.55 bits per heavy atom. The third-order valence-corrected chi connectivity index (χ3v) is 7.71. The minimum atomic E-state index is -0.345. The topological polar surface area (TPSA) is 87.7 Å². The van der Waals surface area contributed by atoms with Crippen molar-refractivity contribution in [1.29, 1.82) is 0 Å². The van der Waals surface area contributed by atoms with E-state index in [1.807, 2.05) is 4.90 Å². The number of amides is 3. The Morgan fingerprint density at radius 3 is 2.10 bits per heavy atom. The largest absolute Gasteiger partial charge is 0.469 e. The Morgan fingerprint density at radius 1 is 0.966 bits per heavy atom. The van der Waals surface area contributed by atoms with Gasteiger partial charge in [0.15, 0.2) is 0 Å². The summed E-state index contributed by atoms with van der Waals surface area (Å²) in [6, 6.07) is -0.0106. The number of esters is 1. The number of hydrogen-bond donors (Lipinski definition) is 2. The van der Waals surface area contributed by atoms with Crippen LogP contribution in [-0.2, 0) is 14.3 Å². The van der Waals surface area contributed by atoms with Crippen molar-refractivity contribution in [2.45, 2.75) is 69.7 Å². The van der Waals surface area contributed by atoms with Gasteiger partial charge in [-0.15, -0.1) is 0 Å². The molecule has 0 aromatic rings. The predicted octanol–water partition coefficient (Wildman–Crippen LogP) is 2.45. The molecule has 4 bridgehead atoms. The van der Waals surface area contributed by atoms with E-state index in [-0.39, 0.29) is 36.3 Å². The molecule has 0 atom stereocenters. The summed E-state index contributed by atoms with van der Waals surface area (Å²) >= 11 is 0. The third kappa shape index (κ3) is 4.86. The molecule has 4 saturated carbocycles. The zero-order chi connectivity index (χ0) is 20.4. The summed E-state index contributed by atoms with van der Waals surface area (Å²) in [5.41, 5.74) is 0.0499. The van der Waals surface area contributed by atoms with Crippen molar-refractivity contribution in [3.8, 4) is 0 Å². The molecule has 0 spiro atoms. The Bertz CT molecular complexity index is 607. The molecule has 0 aromatic heterocycles. The third-order valence-electron chi connectivity index (χ3n) is 7.71. The highest BCUT2D eigenvalue weighted by Gasteiger charge is 2.51. The van der Waals surface area contributed by atoms with Gasteiger partial charge in [-0.1, -0.05) is 0 Å². The van der Waals surface area contributed by atoms with Crippen molar-refractivity contribution in [2.24, 2.45) is 23.7 Å². The monoisotopic (exact) mass is 405 g/mol. The van der Waals surface area contributed by atoms with Crippen LogP contribution in [0.4, 0.5) is 4.79 Å². The lowest BCUT2D eigenvalue weighted by Gasteiger charge is -2.56. The number of hydrogen-bond acceptors (Lipinski definition) is 4. The van der Waals surface area contributed by atoms with E-state index in [2.05, 4.69) is 15.4 Å². The molecule has 7 heteroatoms. The Labute approximate surface area is 173 Å². The molecule has 29 heavy (non-hydrogen) atoms. The number of methoxy groups -OCH3 is 1. The van der Waals surface area contributed by atoms with Gasteiger partial charge in [-0.2, -0.15) is 0 Å². The quantitative estimate of drug-likeness (QED) is 0.665. The average Bonchev–Trinajstić information content (AvgIpc) is 2.69. The molecular formula is C22H35N3O4. The molecule has 7 nitrogen and oxygen atoms in total. The van der Waals surface area contributed by atoms with Crippen LogP contribution < -0.4 is 10.6 Å². The number of rotatable bonds is 6. The number of carbonyl (C=O) groups excluding carboxylic acids is 3. The van der Waals surface area contributed by atoms with Gasteiger partial charge in [-0.05, 0) is 75.0 Å². The fourth-order valence-corrected chi connectivity index (χ4v) is 6.64. The molecule has 2 N–H and O–H groups in total. The van der Waals surface area contributed by atoms with Crippen LogP contribution >= 0.6 is 0 Å². The van der Waals surface area contributed by atoms with Crippen LogP contribution in [0.25, 0.3) is 0 Å². The number of piperidine rings is 1. The van der Waals surface area contributed by atoms with Gasteiger partial charge in [0, 0.05) is 31.6 Å². The number of urea groups is 1. The lowest BCUT2D eigenvalue weighted by Crippen LogP contribution is -2.61. The first-order valence-electron chi connectivity index (χ1n) is 11.4. The summed E-state index contributed by atoms with van der Waals surface area (Å²) < 4.78 is 4.59. The molecule has 0 radical (unpaired) electrons. The van der Waals surface area contributed by atoms with Gasteiger partial charge >= 0.3 is 12.0 Å². The Hall–Kier alpha value is -1.79. The molecule has 162 valence electrons. The standard InChI is InChI=1S/C22H35N3O4/c1-29-20(27)3-2-19(26)25-6-4-15(5-7-25)14-23-21(28)24-22-11-16-8-17(12-22)10-18(9-16)13-22/h15-18H,2-14H2,1H3,(H2,23,24,28). The van der Waals surface area contributed by atoms with E-state index in [4.69, 9.17) is 0 Å². The summed E-state index contributed by atoms with van der Waals surface area (Å²) in [5.74, 6) is 2.54. The number of likely N-dealkylation sites (tertiary alicyclic amines) is 1. The van der Waals surface area contributed by atoms with Crippen LogP contribution in [0.5, 0.6) is 0 Å². The highest BCUT2D eigenvalue weighted by Crippen LogP contribution is 2.55. The zero-order valence-corrected chi connectivity index (χ0v) is 17.6. The van der Waals surface area contributed by atoms with Gasteiger partial charge in [0.2, 0.25) is 5.91 Å². The number of nitrogens with zero attached hydrogens (tertiary/aromatic N) is 1. The fraction of sp³-hybridized carbons (Fsp3) is 0.864. The van der Waals surface area contributed by atoms with E-state index in [1.54, 1.807) is 0 Å². The molecular weight excluding hydrogens is 370 g/mol. The van der Waals surface area contributed by atoms with Crippen LogP contribution in [0.15, 0.2) is 0 Å². The van der Waals surface area contributed by atoms with Gasteiger partial charge in [0.1, 0.15) is 0 Å². The van der Waals surface area contributed by atoms with Crippen molar-refractivity contribution in [2.75, 3.05) is 26.7 Å². The highest BCUT2D eigenvalue weighted by atomic mass is 16.5. The van der Waals surface area contributed by atoms with Crippen LogP contribution in [-0.4, -0.2) is 55.1 Å². The van der Waals surface area contributed by atoms with E-state index >= 15 is 0 Å². The Kier molecular flexibility index (Phi) is 6.02. The summed E-state index contributed by atoms with van der Waals surface area (Å²) in [6.45, 7) is 2.06. The van der Waals surface area contributed by atoms with Crippen molar-refractivity contribution >= 4 is 17.9 Å². The minimum absolute atomic E-state index is 0.0106. The van der Waals surface area contributed by atoms with Gasteiger partial charge in [0.25, 0.3) is 0 Å². The smallest absolute Gasteiger partial charge is 0.315 e. The average molecular weight is 406 g/mol. The molecule has 0 unspecified atom stereocenters. The molecule has 5 rings (SSSR count). The molecule has 5 aliphatic rings. The van der Waals surface area contributed by atoms with E-state index in [9.17, 15) is 14.4 Å². The molecule has 1 saturated heterocycles. The van der Waals surface area contributed by atoms with Crippen molar-refractivity contribution in [3.63, 3.8) is 0 Å². The Balaban J connectivity index is 1.16. The fourth-order valence-electron chi connectivity index (χ4n) is 6.64. The van der Waals surface area contributed by atoms with Crippen LogP contribution in [0.2, 0.25) is 0 Å². The van der Waals surface area contributed by atoms with Crippen molar-refractivity contribution in [1.82, 2.24) is 15.5 Å². The van der Waals surface area contributed by atoms with Crippen LogP contribution in [0.1, 0.15) is 64.2 Å². The lowest BCUT2D eigenvalue weighted by molar-refractivity contribution is -0.144. The maximum Gasteiger partial charge on any atom is 0.315 e. The summed E-state index contributed by atoms with van der Waals surface area (Å²) in [6.07, 6.45) is 9.75. The van der Waals surface area contributed by atoms with Crippen LogP contribution in [0, 0.1) is 23.7 Å². The predicted molar refractivity (Wildman–Crippen MR) is 108 cm³/mol. The SMILES string of the molecule is COC(=O)CCC(=O)N1CCC(CNC(=O)NC23CC4CC(CC(C4)C2)C3)CC1. The minimum Gasteiger partial charge on any atom is -0.469 e. The first kappa shape index (κ1) is 20.5. The molecule has 1 aliphatic heterocycles. The van der Waals surface area contributed by atoms with E-state index in [0.29, 0.717) is 25.6 Å². The first-order chi connectivity index (χ1) is 13.9. The highest BCUT2D eigenvalue weighted by molar-refractivity contribution is 5.81. The van der Waals surface area contributed by atoms with Crippen molar-refractivity contribution < 1.29 is 19.1 Å². The number of ether oxygens (including phenoxy) is 1. The van der Waals surface area contributed by atoms with E-state index < -0.39 is 0 Å². The van der Waals surface area contributed by atoms with E-state index in [0.717, 1.165) is 30.6 Å². The molecule has 1 heterocycles. The van der Waals surface area contributed by atoms with E-state index in [1.165, 1.54) is 45.6 Å². The maximum atomic E-state index is 12.6. The number of nitrogens with one attached hydrogen (secondary N) is 2. The number of carbonyl (C=O) groups is 3. The molecule has 4 aliphatic carbocycles. The molecule has 3 amide bonds. The normalized spacial score (nSPS) is 33.4. The summed E-state index contributed by atoms with van der Waals surface area (Å²) in [5, 5.41) is 6.47. The maximum absolute atomic E-state index is 12.6. The second kappa shape index (κ2) is 8.52. The summed E-state index contributed by atoms with van der Waals surface area (Å²) in [7, 11) is 1.34. The van der Waals surface area contributed by atoms with Gasteiger partial charge < -0.3 is 20.3 Å². The summed E-state index contributed by atoms with van der Waals surface area (Å²) in [4.78, 5) is 37.8.